The molecule has 0 saturated carbocycles. The maximum Gasteiger partial charge on any atom is 0.136 e. The highest BCUT2D eigenvalue weighted by molar-refractivity contribution is 5.75. The van der Waals surface area contributed by atoms with Crippen molar-refractivity contribution in [3.63, 3.8) is 0 Å². The van der Waals surface area contributed by atoms with Gasteiger partial charge in [0.2, 0.25) is 0 Å². The molecule has 1 saturated heterocycles. The van der Waals surface area contributed by atoms with Crippen LogP contribution in [0.4, 0.5) is 10.2 Å². The highest BCUT2D eigenvalue weighted by atomic mass is 19.1. The molecule has 0 spiro atoms. The van der Waals surface area contributed by atoms with Crippen LogP contribution in [0.1, 0.15) is 11.3 Å². The lowest BCUT2D eigenvalue weighted by Crippen LogP contribution is -2.46. The number of rotatable bonds is 5. The second kappa shape index (κ2) is 8.88. The summed E-state index contributed by atoms with van der Waals surface area (Å²) in [6.45, 7) is 6.66. The molecule has 0 N–H and O–H groups in total. The number of benzene rings is 1. The molecule has 1 fully saturated rings. The van der Waals surface area contributed by atoms with Gasteiger partial charge in [-0.05, 0) is 48.9 Å². The van der Waals surface area contributed by atoms with E-state index in [0.29, 0.717) is 0 Å². The summed E-state index contributed by atoms with van der Waals surface area (Å²) in [6.07, 6.45) is 7.36. The van der Waals surface area contributed by atoms with Crippen LogP contribution in [0.2, 0.25) is 0 Å². The van der Waals surface area contributed by atoms with Gasteiger partial charge in [-0.3, -0.25) is 9.88 Å². The van der Waals surface area contributed by atoms with Crippen LogP contribution in [0.15, 0.2) is 73.3 Å². The SMILES string of the molecule is Cc1c(CN2CCN(c3ncccc3-c3ccc(F)cc3)CC2)cnn1-c1ccncc1. The Balaban J connectivity index is 1.27. The van der Waals surface area contributed by atoms with Crippen molar-refractivity contribution in [3.05, 3.63) is 90.4 Å². The Labute approximate surface area is 187 Å². The second-order valence-corrected chi connectivity index (χ2v) is 8.02. The molecule has 3 aromatic heterocycles. The van der Waals surface area contributed by atoms with E-state index in [1.165, 1.54) is 17.7 Å². The Morgan fingerprint density at radius 1 is 0.906 bits per heavy atom. The highest BCUT2D eigenvalue weighted by Gasteiger charge is 2.22. The minimum absolute atomic E-state index is 0.227. The smallest absolute Gasteiger partial charge is 0.136 e. The molecule has 32 heavy (non-hydrogen) atoms. The zero-order valence-electron chi connectivity index (χ0n) is 18.0. The van der Waals surface area contributed by atoms with Crippen molar-refractivity contribution in [2.75, 3.05) is 31.1 Å². The number of hydrogen-bond donors (Lipinski definition) is 0. The van der Waals surface area contributed by atoms with Crippen LogP contribution in [0.5, 0.6) is 0 Å². The largest absolute Gasteiger partial charge is 0.354 e. The Hall–Kier alpha value is -3.58. The van der Waals surface area contributed by atoms with Crippen LogP contribution < -0.4 is 4.90 Å². The van der Waals surface area contributed by atoms with Crippen LogP contribution in [0.3, 0.4) is 0 Å². The summed E-state index contributed by atoms with van der Waals surface area (Å²) < 4.78 is 15.3. The van der Waals surface area contributed by atoms with Crippen LogP contribution >= 0.6 is 0 Å². The number of halogens is 1. The number of hydrogen-bond acceptors (Lipinski definition) is 5. The van der Waals surface area contributed by atoms with E-state index in [0.717, 1.165) is 61.0 Å². The van der Waals surface area contributed by atoms with E-state index in [1.807, 2.05) is 47.4 Å². The molecule has 6 nitrogen and oxygen atoms in total. The third-order valence-corrected chi connectivity index (χ3v) is 6.03. The fourth-order valence-electron chi connectivity index (χ4n) is 4.21. The standard InChI is InChI=1S/C25H25FN6/c1-19-21(17-29-32(19)23-8-11-27-12-9-23)18-30-13-15-31(16-14-30)25-24(3-2-10-28-25)20-4-6-22(26)7-5-20/h2-12,17H,13-16,18H2,1H3. The minimum Gasteiger partial charge on any atom is -0.354 e. The van der Waals surface area contributed by atoms with Gasteiger partial charge in [-0.15, -0.1) is 0 Å². The van der Waals surface area contributed by atoms with Crippen molar-refractivity contribution in [3.8, 4) is 16.8 Å². The molecule has 7 heteroatoms. The average molecular weight is 429 g/mol. The molecule has 0 atom stereocenters. The Bertz CT molecular complexity index is 1180. The predicted octanol–water partition coefficient (Wildman–Crippen LogP) is 4.10. The number of piperazine rings is 1. The first-order valence-electron chi connectivity index (χ1n) is 10.8. The summed E-state index contributed by atoms with van der Waals surface area (Å²) in [6, 6.07) is 14.5. The van der Waals surface area contributed by atoms with E-state index < -0.39 is 0 Å². The van der Waals surface area contributed by atoms with E-state index in [9.17, 15) is 4.39 Å². The quantitative estimate of drug-likeness (QED) is 0.479. The lowest BCUT2D eigenvalue weighted by Gasteiger charge is -2.36. The van der Waals surface area contributed by atoms with Gasteiger partial charge in [0, 0.05) is 68.1 Å². The molecule has 4 heterocycles. The van der Waals surface area contributed by atoms with Crippen LogP contribution in [-0.4, -0.2) is 50.8 Å². The van der Waals surface area contributed by atoms with Crippen molar-refractivity contribution in [1.29, 1.82) is 0 Å². The van der Waals surface area contributed by atoms with Crippen LogP contribution in [0.25, 0.3) is 16.8 Å². The molecule has 0 amide bonds. The number of pyridine rings is 2. The summed E-state index contributed by atoms with van der Waals surface area (Å²) in [5.41, 5.74) is 5.44. The third-order valence-electron chi connectivity index (χ3n) is 6.03. The van der Waals surface area contributed by atoms with Crippen LogP contribution in [0, 0.1) is 12.7 Å². The van der Waals surface area contributed by atoms with E-state index >= 15 is 0 Å². The number of nitrogens with zero attached hydrogens (tertiary/aromatic N) is 6. The van der Waals surface area contributed by atoms with Gasteiger partial charge in [0.25, 0.3) is 0 Å². The molecule has 0 bridgehead atoms. The predicted molar refractivity (Wildman–Crippen MR) is 123 cm³/mol. The summed E-state index contributed by atoms with van der Waals surface area (Å²) in [4.78, 5) is 13.5. The third kappa shape index (κ3) is 4.11. The zero-order chi connectivity index (χ0) is 21.9. The number of aromatic nitrogens is 4. The molecule has 0 aliphatic carbocycles. The first-order valence-corrected chi connectivity index (χ1v) is 10.8. The van der Waals surface area contributed by atoms with Gasteiger partial charge < -0.3 is 4.90 Å². The Kier molecular flexibility index (Phi) is 5.64. The van der Waals surface area contributed by atoms with Crippen LogP contribution in [-0.2, 0) is 6.54 Å². The first-order chi connectivity index (χ1) is 15.7. The molecule has 1 aliphatic rings. The highest BCUT2D eigenvalue weighted by Crippen LogP contribution is 2.29. The van der Waals surface area contributed by atoms with Gasteiger partial charge in [0.15, 0.2) is 0 Å². The van der Waals surface area contributed by atoms with Crippen molar-refractivity contribution in [2.45, 2.75) is 13.5 Å². The summed E-state index contributed by atoms with van der Waals surface area (Å²) in [7, 11) is 0. The molecule has 0 unspecified atom stereocenters. The lowest BCUT2D eigenvalue weighted by atomic mass is 10.1. The van der Waals surface area contributed by atoms with E-state index in [1.54, 1.807) is 12.4 Å². The Morgan fingerprint density at radius 3 is 2.41 bits per heavy atom. The normalized spacial score (nSPS) is 14.6. The van der Waals surface area contributed by atoms with Gasteiger partial charge in [-0.2, -0.15) is 5.10 Å². The lowest BCUT2D eigenvalue weighted by molar-refractivity contribution is 0.249. The van der Waals surface area contributed by atoms with Crippen molar-refractivity contribution >= 4 is 5.82 Å². The van der Waals surface area contributed by atoms with E-state index in [-0.39, 0.29) is 5.82 Å². The van der Waals surface area contributed by atoms with Gasteiger partial charge >= 0.3 is 0 Å². The second-order valence-electron chi connectivity index (χ2n) is 8.02. The monoisotopic (exact) mass is 428 g/mol. The summed E-state index contributed by atoms with van der Waals surface area (Å²) >= 11 is 0. The fraction of sp³-hybridized carbons (Fsp3) is 0.240. The van der Waals surface area contributed by atoms with Gasteiger partial charge in [0.05, 0.1) is 11.9 Å². The molecule has 0 radical (unpaired) electrons. The zero-order valence-corrected chi connectivity index (χ0v) is 18.0. The molecule has 1 aromatic carbocycles. The van der Waals surface area contributed by atoms with Gasteiger partial charge in [-0.1, -0.05) is 12.1 Å². The molecular weight excluding hydrogens is 403 g/mol. The van der Waals surface area contributed by atoms with E-state index in [4.69, 9.17) is 0 Å². The maximum atomic E-state index is 13.4. The number of anilines is 1. The molecule has 4 aromatic rings. The van der Waals surface area contributed by atoms with Gasteiger partial charge in [-0.25, -0.2) is 14.1 Å². The molecule has 5 rings (SSSR count). The molecule has 162 valence electrons. The summed E-state index contributed by atoms with van der Waals surface area (Å²) in [5.74, 6) is 0.732. The molecule has 1 aliphatic heterocycles. The van der Waals surface area contributed by atoms with Crippen molar-refractivity contribution in [1.82, 2.24) is 24.6 Å². The topological polar surface area (TPSA) is 50.1 Å². The van der Waals surface area contributed by atoms with Crippen molar-refractivity contribution < 1.29 is 4.39 Å². The summed E-state index contributed by atoms with van der Waals surface area (Å²) in [5, 5.41) is 4.58. The fourth-order valence-corrected chi connectivity index (χ4v) is 4.21. The minimum atomic E-state index is -0.227. The maximum absolute atomic E-state index is 13.4. The first kappa shape index (κ1) is 20.3. The van der Waals surface area contributed by atoms with Gasteiger partial charge in [0.1, 0.15) is 11.6 Å². The molecular formula is C25H25FN6. The Morgan fingerprint density at radius 2 is 1.66 bits per heavy atom. The van der Waals surface area contributed by atoms with E-state index in [2.05, 4.69) is 37.9 Å². The van der Waals surface area contributed by atoms with Crippen molar-refractivity contribution in [2.24, 2.45) is 0 Å². The average Bonchev–Trinajstić information content (AvgIpc) is 3.20.